The van der Waals surface area contributed by atoms with Crippen LogP contribution in [0.2, 0.25) is 0 Å². The summed E-state index contributed by atoms with van der Waals surface area (Å²) < 4.78 is 25.9. The summed E-state index contributed by atoms with van der Waals surface area (Å²) in [5.41, 5.74) is 1.87. The lowest BCUT2D eigenvalue weighted by Crippen LogP contribution is -2.19. The van der Waals surface area contributed by atoms with Crippen LogP contribution in [0, 0.1) is 11.6 Å². The molecule has 1 aromatic rings. The number of nitrogens with one attached hydrogen (secondary N) is 1. The fourth-order valence-corrected chi connectivity index (χ4v) is 1.53. The standard InChI is InChI=1S/C13H17F2N/c1-4-16-13(7-9(2)3)10-5-6-11(14)12(15)8-10/h5-8,13,16H,4H2,1-3H3. The molecular formula is C13H17F2N. The van der Waals surface area contributed by atoms with E-state index < -0.39 is 11.6 Å². The molecule has 1 rings (SSSR count). The van der Waals surface area contributed by atoms with E-state index in [-0.39, 0.29) is 6.04 Å². The highest BCUT2D eigenvalue weighted by Crippen LogP contribution is 2.18. The van der Waals surface area contributed by atoms with E-state index in [9.17, 15) is 8.78 Å². The van der Waals surface area contributed by atoms with Gasteiger partial charge in [0.25, 0.3) is 0 Å². The van der Waals surface area contributed by atoms with Crippen molar-refractivity contribution in [3.05, 3.63) is 47.0 Å². The van der Waals surface area contributed by atoms with Crippen molar-refractivity contribution in [3.8, 4) is 0 Å². The van der Waals surface area contributed by atoms with Gasteiger partial charge in [0.15, 0.2) is 11.6 Å². The lowest BCUT2D eigenvalue weighted by atomic mass is 10.0. The summed E-state index contributed by atoms with van der Waals surface area (Å²) in [5.74, 6) is -1.61. The van der Waals surface area contributed by atoms with Gasteiger partial charge in [-0.1, -0.05) is 24.6 Å². The van der Waals surface area contributed by atoms with E-state index in [1.54, 1.807) is 6.07 Å². The van der Waals surface area contributed by atoms with Crippen molar-refractivity contribution < 1.29 is 8.78 Å². The zero-order valence-electron chi connectivity index (χ0n) is 9.85. The smallest absolute Gasteiger partial charge is 0.159 e. The van der Waals surface area contributed by atoms with Crippen LogP contribution in [0.15, 0.2) is 29.8 Å². The number of halogens is 2. The van der Waals surface area contributed by atoms with Gasteiger partial charge >= 0.3 is 0 Å². The van der Waals surface area contributed by atoms with E-state index in [1.807, 2.05) is 26.8 Å². The molecule has 0 aliphatic carbocycles. The van der Waals surface area contributed by atoms with Crippen molar-refractivity contribution in [3.63, 3.8) is 0 Å². The van der Waals surface area contributed by atoms with Crippen LogP contribution in [0.25, 0.3) is 0 Å². The minimum atomic E-state index is -0.809. The molecule has 1 nitrogen and oxygen atoms in total. The van der Waals surface area contributed by atoms with Crippen LogP contribution in [0.3, 0.4) is 0 Å². The maximum atomic E-state index is 13.1. The van der Waals surface area contributed by atoms with Crippen LogP contribution in [0.1, 0.15) is 32.4 Å². The Balaban J connectivity index is 3.01. The first kappa shape index (κ1) is 12.8. The molecule has 0 spiro atoms. The van der Waals surface area contributed by atoms with Gasteiger partial charge in [0.1, 0.15) is 0 Å². The number of rotatable bonds is 4. The maximum Gasteiger partial charge on any atom is 0.159 e. The van der Waals surface area contributed by atoms with Gasteiger partial charge in [0.2, 0.25) is 0 Å². The number of hydrogen-bond acceptors (Lipinski definition) is 1. The topological polar surface area (TPSA) is 12.0 Å². The second-order valence-corrected chi connectivity index (χ2v) is 3.95. The Morgan fingerprint density at radius 1 is 1.31 bits per heavy atom. The Kier molecular flexibility index (Phi) is 4.62. The van der Waals surface area contributed by atoms with Crippen LogP contribution in [0.4, 0.5) is 8.78 Å². The van der Waals surface area contributed by atoms with Gasteiger partial charge in [-0.2, -0.15) is 0 Å². The van der Waals surface area contributed by atoms with E-state index in [4.69, 9.17) is 0 Å². The highest BCUT2D eigenvalue weighted by atomic mass is 19.2. The zero-order chi connectivity index (χ0) is 12.1. The molecule has 1 atom stereocenters. The number of hydrogen-bond donors (Lipinski definition) is 1. The van der Waals surface area contributed by atoms with Crippen molar-refractivity contribution in [2.24, 2.45) is 0 Å². The Morgan fingerprint density at radius 2 is 2.00 bits per heavy atom. The van der Waals surface area contributed by atoms with Gasteiger partial charge in [-0.25, -0.2) is 8.78 Å². The van der Waals surface area contributed by atoms with E-state index in [1.165, 1.54) is 6.07 Å². The summed E-state index contributed by atoms with van der Waals surface area (Å²) in [6.07, 6.45) is 2.00. The summed E-state index contributed by atoms with van der Waals surface area (Å²) in [4.78, 5) is 0. The third kappa shape index (κ3) is 3.42. The molecule has 0 aliphatic heterocycles. The Labute approximate surface area is 95.2 Å². The Morgan fingerprint density at radius 3 is 2.50 bits per heavy atom. The van der Waals surface area contributed by atoms with Gasteiger partial charge in [0.05, 0.1) is 6.04 Å². The summed E-state index contributed by atoms with van der Waals surface area (Å²) in [6, 6.07) is 3.94. The van der Waals surface area contributed by atoms with E-state index in [2.05, 4.69) is 5.32 Å². The van der Waals surface area contributed by atoms with Gasteiger partial charge in [-0.3, -0.25) is 0 Å². The highest BCUT2D eigenvalue weighted by Gasteiger charge is 2.10. The van der Waals surface area contributed by atoms with Crippen LogP contribution >= 0.6 is 0 Å². The SMILES string of the molecule is CCNC(C=C(C)C)c1ccc(F)c(F)c1. The molecule has 0 saturated heterocycles. The Bertz CT molecular complexity index is 382. The molecule has 0 fully saturated rings. The fraction of sp³-hybridized carbons (Fsp3) is 0.385. The molecule has 0 aliphatic rings. The minimum absolute atomic E-state index is 0.0647. The lowest BCUT2D eigenvalue weighted by molar-refractivity contribution is 0.504. The number of benzene rings is 1. The molecule has 3 heteroatoms. The molecule has 0 heterocycles. The third-order valence-corrected chi connectivity index (χ3v) is 2.23. The first-order valence-electron chi connectivity index (χ1n) is 5.38. The summed E-state index contributed by atoms with van der Waals surface area (Å²) in [6.45, 7) is 6.70. The van der Waals surface area contributed by atoms with Crippen molar-refractivity contribution in [1.82, 2.24) is 5.32 Å². The number of likely N-dealkylation sites (N-methyl/N-ethyl adjacent to an activating group) is 1. The number of allylic oxidation sites excluding steroid dienone is 1. The predicted octanol–water partition coefficient (Wildman–Crippen LogP) is 3.58. The molecule has 88 valence electrons. The summed E-state index contributed by atoms with van der Waals surface area (Å²) >= 11 is 0. The maximum absolute atomic E-state index is 13.1. The monoisotopic (exact) mass is 225 g/mol. The van der Waals surface area contributed by atoms with Crippen LogP contribution in [0.5, 0.6) is 0 Å². The fourth-order valence-electron chi connectivity index (χ4n) is 1.53. The molecule has 16 heavy (non-hydrogen) atoms. The lowest BCUT2D eigenvalue weighted by Gasteiger charge is -2.15. The van der Waals surface area contributed by atoms with Crippen molar-refractivity contribution in [2.75, 3.05) is 6.54 Å². The molecule has 0 saturated carbocycles. The van der Waals surface area contributed by atoms with Gasteiger partial charge in [-0.05, 0) is 38.1 Å². The first-order valence-corrected chi connectivity index (χ1v) is 5.38. The molecule has 1 aromatic carbocycles. The molecule has 0 aromatic heterocycles. The summed E-state index contributed by atoms with van der Waals surface area (Å²) in [7, 11) is 0. The average Bonchev–Trinajstić information content (AvgIpc) is 2.21. The van der Waals surface area contributed by atoms with Gasteiger partial charge in [-0.15, -0.1) is 0 Å². The first-order chi connectivity index (χ1) is 7.54. The largest absolute Gasteiger partial charge is 0.307 e. The molecular weight excluding hydrogens is 208 g/mol. The van der Waals surface area contributed by atoms with Gasteiger partial charge in [0, 0.05) is 0 Å². The summed E-state index contributed by atoms with van der Waals surface area (Å²) in [5, 5.41) is 3.21. The van der Waals surface area contributed by atoms with Gasteiger partial charge < -0.3 is 5.32 Å². The Hall–Kier alpha value is -1.22. The second kappa shape index (κ2) is 5.75. The van der Waals surface area contributed by atoms with Crippen LogP contribution < -0.4 is 5.32 Å². The second-order valence-electron chi connectivity index (χ2n) is 3.95. The van der Waals surface area contributed by atoms with Crippen LogP contribution in [-0.2, 0) is 0 Å². The van der Waals surface area contributed by atoms with E-state index in [0.29, 0.717) is 0 Å². The molecule has 1 unspecified atom stereocenters. The van der Waals surface area contributed by atoms with E-state index >= 15 is 0 Å². The van der Waals surface area contributed by atoms with Crippen molar-refractivity contribution in [2.45, 2.75) is 26.8 Å². The molecule has 0 radical (unpaired) electrons. The molecule has 0 bridgehead atoms. The quantitative estimate of drug-likeness (QED) is 0.772. The van der Waals surface area contributed by atoms with E-state index in [0.717, 1.165) is 23.7 Å². The minimum Gasteiger partial charge on any atom is -0.307 e. The van der Waals surface area contributed by atoms with Crippen LogP contribution in [-0.4, -0.2) is 6.54 Å². The molecule has 1 N–H and O–H groups in total. The van der Waals surface area contributed by atoms with Crippen molar-refractivity contribution in [1.29, 1.82) is 0 Å². The highest BCUT2D eigenvalue weighted by molar-refractivity contribution is 5.25. The third-order valence-electron chi connectivity index (χ3n) is 2.23. The molecule has 0 amide bonds. The average molecular weight is 225 g/mol. The zero-order valence-corrected chi connectivity index (χ0v) is 9.85. The predicted molar refractivity (Wildman–Crippen MR) is 62.2 cm³/mol. The normalized spacial score (nSPS) is 12.3. The van der Waals surface area contributed by atoms with Crippen molar-refractivity contribution >= 4 is 0 Å².